The third kappa shape index (κ3) is 2.71. The minimum absolute atomic E-state index is 0.290. The SMILES string of the molecule is C=C/C=C(\C=C)CC1NCCc2cc(O)ccc21. The molecule has 1 aromatic rings. The quantitative estimate of drug-likeness (QED) is 0.793. The van der Waals surface area contributed by atoms with Crippen LogP contribution >= 0.6 is 0 Å². The van der Waals surface area contributed by atoms with Gasteiger partial charge in [0.05, 0.1) is 0 Å². The van der Waals surface area contributed by atoms with E-state index >= 15 is 0 Å². The molecule has 18 heavy (non-hydrogen) atoms. The molecular weight excluding hydrogens is 222 g/mol. The molecule has 1 aliphatic rings. The van der Waals surface area contributed by atoms with E-state index in [-0.39, 0.29) is 0 Å². The normalized spacial score (nSPS) is 19.1. The standard InChI is InChI=1S/C16H19NO/c1-3-5-12(4-2)10-16-15-7-6-14(18)11-13(15)8-9-17-16/h3-7,11,16-18H,1-2,8-10H2/b12-5+. The van der Waals surface area contributed by atoms with Gasteiger partial charge in [-0.1, -0.05) is 37.5 Å². The Morgan fingerprint density at radius 1 is 1.44 bits per heavy atom. The van der Waals surface area contributed by atoms with E-state index in [1.54, 1.807) is 12.1 Å². The second kappa shape index (κ2) is 5.69. The highest BCUT2D eigenvalue weighted by atomic mass is 16.3. The monoisotopic (exact) mass is 241 g/mol. The van der Waals surface area contributed by atoms with Crippen LogP contribution < -0.4 is 5.32 Å². The summed E-state index contributed by atoms with van der Waals surface area (Å²) >= 11 is 0. The highest BCUT2D eigenvalue weighted by molar-refractivity contribution is 5.39. The van der Waals surface area contributed by atoms with E-state index in [1.807, 2.05) is 24.3 Å². The molecule has 0 bridgehead atoms. The van der Waals surface area contributed by atoms with Gasteiger partial charge in [0.1, 0.15) is 5.75 Å². The smallest absolute Gasteiger partial charge is 0.115 e. The molecule has 0 radical (unpaired) electrons. The summed E-state index contributed by atoms with van der Waals surface area (Å²) in [6.07, 6.45) is 7.51. The molecule has 1 heterocycles. The highest BCUT2D eigenvalue weighted by Crippen LogP contribution is 2.30. The van der Waals surface area contributed by atoms with Gasteiger partial charge in [-0.15, -0.1) is 0 Å². The fraction of sp³-hybridized carbons (Fsp3) is 0.250. The van der Waals surface area contributed by atoms with Gasteiger partial charge in [-0.2, -0.15) is 0 Å². The fourth-order valence-electron chi connectivity index (χ4n) is 2.43. The molecule has 0 saturated carbocycles. The number of rotatable bonds is 4. The second-order valence-corrected chi connectivity index (χ2v) is 4.53. The predicted octanol–water partition coefficient (Wildman–Crippen LogP) is 3.27. The Hall–Kier alpha value is -1.80. The van der Waals surface area contributed by atoms with Crippen LogP contribution in [0.25, 0.3) is 0 Å². The largest absolute Gasteiger partial charge is 0.508 e. The number of hydrogen-bond acceptors (Lipinski definition) is 2. The van der Waals surface area contributed by atoms with Crippen LogP contribution in [-0.4, -0.2) is 11.7 Å². The molecule has 2 heteroatoms. The van der Waals surface area contributed by atoms with Gasteiger partial charge < -0.3 is 10.4 Å². The van der Waals surface area contributed by atoms with Crippen molar-refractivity contribution in [1.82, 2.24) is 5.32 Å². The number of benzene rings is 1. The first kappa shape index (κ1) is 12.7. The van der Waals surface area contributed by atoms with E-state index in [9.17, 15) is 5.11 Å². The molecule has 1 aromatic carbocycles. The Morgan fingerprint density at radius 3 is 3.00 bits per heavy atom. The minimum Gasteiger partial charge on any atom is -0.508 e. The lowest BCUT2D eigenvalue weighted by atomic mass is 9.90. The van der Waals surface area contributed by atoms with Crippen molar-refractivity contribution < 1.29 is 5.11 Å². The summed E-state index contributed by atoms with van der Waals surface area (Å²) in [7, 11) is 0. The van der Waals surface area contributed by atoms with Crippen LogP contribution in [0, 0.1) is 0 Å². The van der Waals surface area contributed by atoms with Gasteiger partial charge in [-0.05, 0) is 48.2 Å². The molecule has 1 aliphatic heterocycles. The molecule has 1 unspecified atom stereocenters. The van der Waals surface area contributed by atoms with Crippen molar-refractivity contribution in [2.75, 3.05) is 6.54 Å². The second-order valence-electron chi connectivity index (χ2n) is 4.53. The molecular formula is C16H19NO. The van der Waals surface area contributed by atoms with Gasteiger partial charge in [0, 0.05) is 6.04 Å². The lowest BCUT2D eigenvalue weighted by molar-refractivity contribution is 0.467. The van der Waals surface area contributed by atoms with Crippen LogP contribution in [0.5, 0.6) is 5.75 Å². The molecule has 0 amide bonds. The van der Waals surface area contributed by atoms with Crippen molar-refractivity contribution in [2.24, 2.45) is 0 Å². The lowest BCUT2D eigenvalue weighted by Gasteiger charge is -2.27. The van der Waals surface area contributed by atoms with Gasteiger partial charge in [0.25, 0.3) is 0 Å². The average molecular weight is 241 g/mol. The molecule has 2 rings (SSSR count). The number of hydrogen-bond donors (Lipinski definition) is 2. The topological polar surface area (TPSA) is 32.3 Å². The first-order chi connectivity index (χ1) is 8.74. The Labute approximate surface area is 108 Å². The molecule has 0 saturated heterocycles. The molecule has 1 atom stereocenters. The number of allylic oxidation sites excluding steroid dienone is 3. The zero-order chi connectivity index (χ0) is 13.0. The summed E-state index contributed by atoms with van der Waals surface area (Å²) in [5.74, 6) is 0.347. The summed E-state index contributed by atoms with van der Waals surface area (Å²) in [5, 5.41) is 13.0. The molecule has 0 aromatic heterocycles. The van der Waals surface area contributed by atoms with Crippen molar-refractivity contribution >= 4 is 0 Å². The van der Waals surface area contributed by atoms with E-state index in [4.69, 9.17) is 0 Å². The minimum atomic E-state index is 0.290. The summed E-state index contributed by atoms with van der Waals surface area (Å²) in [5.41, 5.74) is 3.68. The maximum absolute atomic E-state index is 9.53. The zero-order valence-electron chi connectivity index (χ0n) is 10.5. The predicted molar refractivity (Wildman–Crippen MR) is 75.6 cm³/mol. The zero-order valence-corrected chi connectivity index (χ0v) is 10.5. The van der Waals surface area contributed by atoms with Crippen LogP contribution in [0.15, 0.2) is 55.2 Å². The Balaban J connectivity index is 2.24. The van der Waals surface area contributed by atoms with Crippen molar-refractivity contribution in [3.8, 4) is 5.75 Å². The van der Waals surface area contributed by atoms with E-state index in [2.05, 4.69) is 18.5 Å². The lowest BCUT2D eigenvalue weighted by Crippen LogP contribution is -2.29. The van der Waals surface area contributed by atoms with Crippen LogP contribution in [0.4, 0.5) is 0 Å². The van der Waals surface area contributed by atoms with Gasteiger partial charge in [0.15, 0.2) is 0 Å². The van der Waals surface area contributed by atoms with Crippen molar-refractivity contribution in [3.05, 3.63) is 66.3 Å². The Bertz CT molecular complexity index is 488. The number of aromatic hydroxyl groups is 1. The van der Waals surface area contributed by atoms with Crippen molar-refractivity contribution in [3.63, 3.8) is 0 Å². The maximum atomic E-state index is 9.53. The van der Waals surface area contributed by atoms with E-state index < -0.39 is 0 Å². The van der Waals surface area contributed by atoms with Gasteiger partial charge in [-0.25, -0.2) is 0 Å². The molecule has 2 N–H and O–H groups in total. The summed E-state index contributed by atoms with van der Waals surface area (Å²) in [4.78, 5) is 0. The highest BCUT2D eigenvalue weighted by Gasteiger charge is 2.20. The Morgan fingerprint density at radius 2 is 2.28 bits per heavy atom. The third-order valence-electron chi connectivity index (χ3n) is 3.32. The van der Waals surface area contributed by atoms with Crippen LogP contribution in [0.1, 0.15) is 23.6 Å². The van der Waals surface area contributed by atoms with E-state index in [1.165, 1.54) is 16.7 Å². The number of phenols is 1. The summed E-state index contributed by atoms with van der Waals surface area (Å²) < 4.78 is 0. The average Bonchev–Trinajstić information content (AvgIpc) is 2.38. The van der Waals surface area contributed by atoms with Crippen LogP contribution in [0.2, 0.25) is 0 Å². The number of fused-ring (bicyclic) bond motifs is 1. The van der Waals surface area contributed by atoms with Gasteiger partial charge in [-0.3, -0.25) is 0 Å². The van der Waals surface area contributed by atoms with Crippen molar-refractivity contribution in [2.45, 2.75) is 18.9 Å². The molecule has 94 valence electrons. The molecule has 2 nitrogen and oxygen atoms in total. The summed E-state index contributed by atoms with van der Waals surface area (Å²) in [6, 6.07) is 5.92. The maximum Gasteiger partial charge on any atom is 0.115 e. The van der Waals surface area contributed by atoms with E-state index in [0.717, 1.165) is 19.4 Å². The third-order valence-corrected chi connectivity index (χ3v) is 3.32. The van der Waals surface area contributed by atoms with Crippen LogP contribution in [-0.2, 0) is 6.42 Å². The molecule has 0 aliphatic carbocycles. The fourth-order valence-corrected chi connectivity index (χ4v) is 2.43. The van der Waals surface area contributed by atoms with Crippen LogP contribution in [0.3, 0.4) is 0 Å². The first-order valence-electron chi connectivity index (χ1n) is 6.24. The molecule has 0 spiro atoms. The molecule has 0 fully saturated rings. The number of phenolic OH excluding ortho intramolecular Hbond substituents is 1. The Kier molecular flexibility index (Phi) is 4.00. The van der Waals surface area contributed by atoms with Crippen molar-refractivity contribution in [1.29, 1.82) is 0 Å². The first-order valence-corrected chi connectivity index (χ1v) is 6.24. The van der Waals surface area contributed by atoms with Gasteiger partial charge in [0.2, 0.25) is 0 Å². The summed E-state index contributed by atoms with van der Waals surface area (Å²) in [6.45, 7) is 8.50. The number of nitrogens with one attached hydrogen (secondary N) is 1. The van der Waals surface area contributed by atoms with Gasteiger partial charge >= 0.3 is 0 Å². The van der Waals surface area contributed by atoms with E-state index in [0.29, 0.717) is 11.8 Å².